The quantitative estimate of drug-likeness (QED) is 0.875. The first-order valence-corrected chi connectivity index (χ1v) is 9.40. The lowest BCUT2D eigenvalue weighted by Crippen LogP contribution is -2.56. The molecule has 3 aliphatic heterocycles. The van der Waals surface area contributed by atoms with E-state index < -0.39 is 0 Å². The fraction of sp³-hybridized carbons (Fsp3) is 0.412. The molecule has 1 unspecified atom stereocenters. The second-order valence-corrected chi connectivity index (χ2v) is 7.84. The summed E-state index contributed by atoms with van der Waals surface area (Å²) in [4.78, 5) is 22.8. The van der Waals surface area contributed by atoms with E-state index in [4.69, 9.17) is 11.6 Å². The molecule has 3 aliphatic rings. The summed E-state index contributed by atoms with van der Waals surface area (Å²) in [6.07, 6.45) is 5.53. The minimum Gasteiger partial charge on any atom is -0.336 e. The van der Waals surface area contributed by atoms with Gasteiger partial charge >= 0.3 is 0 Å². The first-order chi connectivity index (χ1) is 11.7. The predicted octanol–water partition coefficient (Wildman–Crippen LogP) is 3.39. The van der Waals surface area contributed by atoms with E-state index in [0.717, 1.165) is 35.3 Å². The molecule has 1 amide bonds. The summed E-state index contributed by atoms with van der Waals surface area (Å²) < 4.78 is 0. The van der Waals surface area contributed by atoms with E-state index in [9.17, 15) is 4.79 Å². The number of halogens is 1. The summed E-state index contributed by atoms with van der Waals surface area (Å²) in [5, 5.41) is 4.44. The van der Waals surface area contributed by atoms with Crippen LogP contribution in [0.4, 0.5) is 0 Å². The van der Waals surface area contributed by atoms with E-state index in [0.29, 0.717) is 10.8 Å². The Morgan fingerprint density at radius 3 is 2.62 bits per heavy atom. The van der Waals surface area contributed by atoms with Gasteiger partial charge in [0.1, 0.15) is 0 Å². The minimum absolute atomic E-state index is 0.00804. The van der Waals surface area contributed by atoms with Crippen molar-refractivity contribution in [3.05, 3.63) is 41.3 Å². The van der Waals surface area contributed by atoms with Gasteiger partial charge in [-0.15, -0.1) is 0 Å². The summed E-state index contributed by atoms with van der Waals surface area (Å²) in [6, 6.07) is 7.63. The van der Waals surface area contributed by atoms with Gasteiger partial charge < -0.3 is 10.3 Å². The molecule has 1 aromatic heterocycles. The molecule has 0 spiro atoms. The van der Waals surface area contributed by atoms with Crippen LogP contribution >= 0.6 is 23.4 Å². The topological polar surface area (TPSA) is 61.0 Å². The van der Waals surface area contributed by atoms with Gasteiger partial charge in [0.2, 0.25) is 5.28 Å². The number of benzene rings is 1. The van der Waals surface area contributed by atoms with Crippen LogP contribution in [0.5, 0.6) is 0 Å². The second-order valence-electron chi connectivity index (χ2n) is 6.37. The summed E-state index contributed by atoms with van der Waals surface area (Å²) in [5.41, 5.74) is 0.699. The van der Waals surface area contributed by atoms with E-state index in [1.807, 2.05) is 24.3 Å². The molecule has 0 saturated carbocycles. The molecule has 7 heteroatoms. The van der Waals surface area contributed by atoms with Crippen molar-refractivity contribution in [3.63, 3.8) is 0 Å². The van der Waals surface area contributed by atoms with Crippen LogP contribution in [0, 0.1) is 5.92 Å². The third kappa shape index (κ3) is 3.45. The van der Waals surface area contributed by atoms with Crippen LogP contribution in [0.3, 0.4) is 0 Å². The third-order valence-corrected chi connectivity index (χ3v) is 5.94. The molecule has 5 nitrogen and oxygen atoms in total. The maximum Gasteiger partial charge on any atom is 0.252 e. The first-order valence-electron chi connectivity index (χ1n) is 8.21. The molecule has 3 fully saturated rings. The number of hydrogen-bond acceptors (Lipinski definition) is 4. The molecular formula is C17H19ClN4OS. The molecule has 24 heavy (non-hydrogen) atoms. The number of amides is 1. The normalized spacial score (nSPS) is 25.6. The number of carbonyl (C=O) groups is 1. The Morgan fingerprint density at radius 1 is 1.29 bits per heavy atom. The fourth-order valence-electron chi connectivity index (χ4n) is 3.48. The van der Waals surface area contributed by atoms with Gasteiger partial charge in [0, 0.05) is 23.5 Å². The van der Waals surface area contributed by atoms with E-state index in [1.165, 1.54) is 24.6 Å². The summed E-state index contributed by atoms with van der Waals surface area (Å²) in [7, 11) is 0. The fourth-order valence-corrected chi connectivity index (χ4v) is 4.47. The number of hydrogen-bond donors (Lipinski definition) is 2. The standard InChI is InChI=1S/C17H19ClN4OS/c18-17-19-10-15(21-17)24-13-3-1-12(2-4-13)16(23)20-14-9-11-5-7-22(14)8-6-11/h1-4,10-11,14H,5-9H2,(H,19,21)(H,20,23). The third-order valence-electron chi connectivity index (χ3n) is 4.81. The highest BCUT2D eigenvalue weighted by Crippen LogP contribution is 2.31. The van der Waals surface area contributed by atoms with Gasteiger partial charge in [0.05, 0.1) is 17.4 Å². The van der Waals surface area contributed by atoms with Gasteiger partial charge in [-0.1, -0.05) is 11.8 Å². The largest absolute Gasteiger partial charge is 0.336 e. The van der Waals surface area contributed by atoms with Gasteiger partial charge in [-0.2, -0.15) is 0 Å². The van der Waals surface area contributed by atoms with E-state index in [-0.39, 0.29) is 12.1 Å². The monoisotopic (exact) mass is 362 g/mol. The number of imidazole rings is 1. The van der Waals surface area contributed by atoms with Crippen molar-refractivity contribution in [1.29, 1.82) is 0 Å². The Morgan fingerprint density at radius 2 is 2.04 bits per heavy atom. The Labute approximate surface area is 150 Å². The number of aromatic nitrogens is 2. The van der Waals surface area contributed by atoms with Crippen LogP contribution in [-0.4, -0.2) is 40.0 Å². The van der Waals surface area contributed by atoms with Gasteiger partial charge in [-0.3, -0.25) is 9.69 Å². The lowest BCUT2D eigenvalue weighted by molar-refractivity contribution is 0.0295. The molecule has 1 aromatic carbocycles. The smallest absolute Gasteiger partial charge is 0.252 e. The van der Waals surface area contributed by atoms with Crippen molar-refractivity contribution < 1.29 is 4.79 Å². The van der Waals surface area contributed by atoms with Crippen LogP contribution in [-0.2, 0) is 0 Å². The van der Waals surface area contributed by atoms with Crippen LogP contribution in [0.2, 0.25) is 5.28 Å². The van der Waals surface area contributed by atoms with Crippen LogP contribution in [0.15, 0.2) is 40.4 Å². The number of nitrogens with zero attached hydrogens (tertiary/aromatic N) is 2. The molecule has 2 bridgehead atoms. The van der Waals surface area contributed by atoms with Crippen molar-refractivity contribution in [2.45, 2.75) is 35.3 Å². The molecule has 1 atom stereocenters. The molecule has 0 radical (unpaired) electrons. The van der Waals surface area contributed by atoms with Crippen molar-refractivity contribution >= 4 is 29.3 Å². The summed E-state index contributed by atoms with van der Waals surface area (Å²) >= 11 is 7.31. The molecular weight excluding hydrogens is 344 g/mol. The van der Waals surface area contributed by atoms with Gasteiger partial charge in [-0.05, 0) is 61.0 Å². The number of nitrogens with one attached hydrogen (secondary N) is 2. The summed E-state index contributed by atoms with van der Waals surface area (Å²) in [5.74, 6) is 0.786. The molecule has 3 saturated heterocycles. The molecule has 5 rings (SSSR count). The number of fused-ring (bicyclic) bond motifs is 3. The predicted molar refractivity (Wildman–Crippen MR) is 94.3 cm³/mol. The summed E-state index contributed by atoms with van der Waals surface area (Å²) in [6.45, 7) is 2.22. The highest BCUT2D eigenvalue weighted by atomic mass is 35.5. The van der Waals surface area contributed by atoms with Gasteiger partial charge in [0.15, 0.2) is 0 Å². The molecule has 2 aromatic rings. The SMILES string of the molecule is O=C(NC1CC2CCN1CC2)c1ccc(Sc2cnc(Cl)[nH]2)cc1. The maximum atomic E-state index is 12.5. The van der Waals surface area contributed by atoms with Crippen molar-refractivity contribution in [2.24, 2.45) is 5.92 Å². The van der Waals surface area contributed by atoms with Crippen molar-refractivity contribution in [1.82, 2.24) is 20.2 Å². The Bertz CT molecular complexity index is 724. The van der Waals surface area contributed by atoms with Crippen molar-refractivity contribution in [3.8, 4) is 0 Å². The number of carbonyl (C=O) groups excluding carboxylic acids is 1. The lowest BCUT2D eigenvalue weighted by Gasteiger charge is -2.45. The Hall–Kier alpha value is -1.50. The van der Waals surface area contributed by atoms with Crippen molar-refractivity contribution in [2.75, 3.05) is 13.1 Å². The Kier molecular flexibility index (Phi) is 4.52. The van der Waals surface area contributed by atoms with E-state index >= 15 is 0 Å². The average Bonchev–Trinajstić information content (AvgIpc) is 3.01. The number of H-pyrrole nitrogens is 1. The average molecular weight is 363 g/mol. The van der Waals surface area contributed by atoms with Crippen LogP contribution < -0.4 is 5.32 Å². The zero-order valence-electron chi connectivity index (χ0n) is 13.2. The lowest BCUT2D eigenvalue weighted by atomic mass is 9.86. The van der Waals surface area contributed by atoms with Gasteiger partial charge in [0.25, 0.3) is 5.91 Å². The maximum absolute atomic E-state index is 12.5. The highest BCUT2D eigenvalue weighted by molar-refractivity contribution is 7.99. The number of aromatic amines is 1. The number of piperidine rings is 3. The second kappa shape index (κ2) is 6.78. The van der Waals surface area contributed by atoms with Crippen LogP contribution in [0.25, 0.3) is 0 Å². The minimum atomic E-state index is 0.00804. The zero-order chi connectivity index (χ0) is 16.5. The molecule has 0 aliphatic carbocycles. The van der Waals surface area contributed by atoms with E-state index in [2.05, 4.69) is 20.2 Å². The molecule has 126 valence electrons. The number of rotatable bonds is 4. The zero-order valence-corrected chi connectivity index (χ0v) is 14.7. The van der Waals surface area contributed by atoms with Crippen LogP contribution in [0.1, 0.15) is 29.6 Å². The van der Waals surface area contributed by atoms with E-state index in [1.54, 1.807) is 6.20 Å². The highest BCUT2D eigenvalue weighted by Gasteiger charge is 2.34. The molecule has 4 heterocycles. The molecule has 2 N–H and O–H groups in total. The first kappa shape index (κ1) is 16.0. The Balaban J connectivity index is 1.38. The van der Waals surface area contributed by atoms with Gasteiger partial charge in [-0.25, -0.2) is 4.98 Å².